The van der Waals surface area contributed by atoms with Crippen molar-refractivity contribution in [1.29, 1.82) is 0 Å². The molecular formula is C15H18N2O3. The van der Waals surface area contributed by atoms with Crippen LogP contribution < -0.4 is 10.6 Å². The maximum Gasteiger partial charge on any atom is 0.323 e. The van der Waals surface area contributed by atoms with Gasteiger partial charge in [0, 0.05) is 17.5 Å². The maximum absolute atomic E-state index is 11.7. The maximum atomic E-state index is 11.7. The highest BCUT2D eigenvalue weighted by atomic mass is 16.5. The lowest BCUT2D eigenvalue weighted by molar-refractivity contribution is 0.101. The molecule has 1 aromatic rings. The molecule has 1 saturated heterocycles. The smallest absolute Gasteiger partial charge is 0.323 e. The van der Waals surface area contributed by atoms with E-state index in [-0.39, 0.29) is 11.8 Å². The van der Waals surface area contributed by atoms with E-state index in [1.807, 2.05) is 0 Å². The third kappa shape index (κ3) is 4.20. The molecule has 1 heterocycles. The van der Waals surface area contributed by atoms with Crippen LogP contribution in [0.4, 0.5) is 10.5 Å². The fourth-order valence-corrected chi connectivity index (χ4v) is 1.90. The molecule has 1 fully saturated rings. The second-order valence-electron chi connectivity index (χ2n) is 4.65. The summed E-state index contributed by atoms with van der Waals surface area (Å²) >= 11 is 0. The van der Waals surface area contributed by atoms with E-state index in [1.165, 1.54) is 12.5 Å². The first-order chi connectivity index (χ1) is 9.65. The monoisotopic (exact) mass is 274 g/mol. The molecule has 0 atom stereocenters. The van der Waals surface area contributed by atoms with Gasteiger partial charge in [0.1, 0.15) is 0 Å². The van der Waals surface area contributed by atoms with Crippen LogP contribution in [0.25, 0.3) is 0 Å². The van der Waals surface area contributed by atoms with E-state index in [9.17, 15) is 9.59 Å². The molecule has 0 saturated carbocycles. The Hall–Kier alpha value is -2.14. The molecule has 1 aromatic carbocycles. The Morgan fingerprint density at radius 1 is 1.15 bits per heavy atom. The van der Waals surface area contributed by atoms with Crippen LogP contribution in [0.1, 0.15) is 30.1 Å². The van der Waals surface area contributed by atoms with Gasteiger partial charge in [-0.1, -0.05) is 0 Å². The van der Waals surface area contributed by atoms with E-state index in [4.69, 9.17) is 4.74 Å². The van der Waals surface area contributed by atoms with Crippen molar-refractivity contribution in [3.05, 3.63) is 41.6 Å². The zero-order valence-corrected chi connectivity index (χ0v) is 11.4. The number of amides is 2. The fourth-order valence-electron chi connectivity index (χ4n) is 1.90. The van der Waals surface area contributed by atoms with Crippen molar-refractivity contribution in [2.24, 2.45) is 0 Å². The topological polar surface area (TPSA) is 67.4 Å². The van der Waals surface area contributed by atoms with E-state index in [2.05, 4.69) is 10.6 Å². The Morgan fingerprint density at radius 2 is 1.80 bits per heavy atom. The predicted molar refractivity (Wildman–Crippen MR) is 76.7 cm³/mol. The molecule has 0 bridgehead atoms. The number of carbonyl (C=O) groups excluding carboxylic acids is 2. The molecule has 1 aliphatic rings. The summed E-state index contributed by atoms with van der Waals surface area (Å²) in [6.45, 7) is 2.93. The lowest BCUT2D eigenvalue weighted by Gasteiger charge is -2.14. The Bertz CT molecular complexity index is 512. The molecular weight excluding hydrogens is 256 g/mol. The van der Waals surface area contributed by atoms with Crippen LogP contribution in [0.2, 0.25) is 0 Å². The van der Waals surface area contributed by atoms with Gasteiger partial charge in [-0.2, -0.15) is 0 Å². The summed E-state index contributed by atoms with van der Waals surface area (Å²) in [4.78, 5) is 22.8. The van der Waals surface area contributed by atoms with Gasteiger partial charge in [-0.3, -0.25) is 4.79 Å². The number of hydrogen-bond acceptors (Lipinski definition) is 3. The Balaban J connectivity index is 1.86. The number of urea groups is 1. The zero-order valence-electron chi connectivity index (χ0n) is 11.4. The third-order valence-corrected chi connectivity index (χ3v) is 3.09. The molecule has 20 heavy (non-hydrogen) atoms. The number of Topliss-reactive ketones (excluding diaryl/α,β-unsaturated/α-hetero) is 1. The molecule has 5 nitrogen and oxygen atoms in total. The van der Waals surface area contributed by atoms with Gasteiger partial charge in [0.25, 0.3) is 0 Å². The molecule has 0 unspecified atom stereocenters. The number of ketones is 1. The summed E-state index contributed by atoms with van der Waals surface area (Å²) in [6.07, 6.45) is 3.45. The molecule has 2 amide bonds. The first kappa shape index (κ1) is 14.3. The van der Waals surface area contributed by atoms with Crippen LogP contribution in [0.3, 0.4) is 0 Å². The minimum absolute atomic E-state index is 0.00486. The lowest BCUT2D eigenvalue weighted by Crippen LogP contribution is -2.25. The van der Waals surface area contributed by atoms with E-state index in [1.54, 1.807) is 30.5 Å². The highest BCUT2D eigenvalue weighted by molar-refractivity contribution is 5.95. The lowest BCUT2D eigenvalue weighted by atomic mass is 10.1. The number of carbonyl (C=O) groups is 2. The summed E-state index contributed by atoms with van der Waals surface area (Å²) in [7, 11) is 0. The molecule has 106 valence electrons. The minimum Gasteiger partial charge on any atom is -0.381 e. The largest absolute Gasteiger partial charge is 0.381 e. The number of ether oxygens (including phenoxy) is 1. The first-order valence-corrected chi connectivity index (χ1v) is 6.59. The normalized spacial score (nSPS) is 14.6. The fraction of sp³-hybridized carbons (Fsp3) is 0.333. The van der Waals surface area contributed by atoms with E-state index in [0.717, 1.165) is 12.8 Å². The number of nitrogens with one attached hydrogen (secondary N) is 2. The van der Waals surface area contributed by atoms with E-state index in [0.29, 0.717) is 24.5 Å². The third-order valence-electron chi connectivity index (χ3n) is 3.09. The van der Waals surface area contributed by atoms with E-state index < -0.39 is 0 Å². The van der Waals surface area contributed by atoms with Crippen molar-refractivity contribution >= 4 is 17.5 Å². The van der Waals surface area contributed by atoms with Gasteiger partial charge >= 0.3 is 6.03 Å². The van der Waals surface area contributed by atoms with Gasteiger partial charge < -0.3 is 15.4 Å². The van der Waals surface area contributed by atoms with Gasteiger partial charge in [-0.05, 0) is 49.6 Å². The summed E-state index contributed by atoms with van der Waals surface area (Å²) in [5.74, 6) is 0.00486. The molecule has 0 aromatic heterocycles. The second-order valence-corrected chi connectivity index (χ2v) is 4.65. The van der Waals surface area contributed by atoms with Gasteiger partial charge in [0.2, 0.25) is 0 Å². The van der Waals surface area contributed by atoms with Crippen molar-refractivity contribution in [3.8, 4) is 0 Å². The van der Waals surface area contributed by atoms with Gasteiger partial charge in [-0.25, -0.2) is 4.79 Å². The van der Waals surface area contributed by atoms with Crippen LogP contribution in [-0.4, -0.2) is 25.0 Å². The average Bonchev–Trinajstić information content (AvgIpc) is 2.47. The second kappa shape index (κ2) is 6.86. The van der Waals surface area contributed by atoms with Crippen molar-refractivity contribution in [3.63, 3.8) is 0 Å². The zero-order chi connectivity index (χ0) is 14.4. The first-order valence-electron chi connectivity index (χ1n) is 6.59. The number of benzene rings is 1. The van der Waals surface area contributed by atoms with Crippen molar-refractivity contribution in [1.82, 2.24) is 5.32 Å². The molecule has 0 radical (unpaired) electrons. The standard InChI is InChI=1S/C15H18N2O3/c1-11(18)13-2-4-14(5-3-13)17-15(19)16-10-12-6-8-20-9-7-12/h2-5,10H,6-9H2,1H3,(H2,16,17,19). The molecule has 2 rings (SSSR count). The molecule has 0 aliphatic carbocycles. The van der Waals surface area contributed by atoms with E-state index >= 15 is 0 Å². The van der Waals surface area contributed by atoms with Crippen molar-refractivity contribution < 1.29 is 14.3 Å². The van der Waals surface area contributed by atoms with Crippen LogP contribution >= 0.6 is 0 Å². The minimum atomic E-state index is -0.292. The van der Waals surface area contributed by atoms with Crippen LogP contribution in [-0.2, 0) is 4.74 Å². The van der Waals surface area contributed by atoms with Crippen LogP contribution in [0.5, 0.6) is 0 Å². The number of rotatable bonds is 3. The van der Waals surface area contributed by atoms with Gasteiger partial charge in [0.05, 0.1) is 13.2 Å². The van der Waals surface area contributed by atoms with Crippen LogP contribution in [0, 0.1) is 0 Å². The average molecular weight is 274 g/mol. The summed E-state index contributed by atoms with van der Waals surface area (Å²) in [5, 5.41) is 5.41. The molecule has 2 N–H and O–H groups in total. The Kier molecular flexibility index (Phi) is 4.90. The van der Waals surface area contributed by atoms with Gasteiger partial charge in [-0.15, -0.1) is 0 Å². The highest BCUT2D eigenvalue weighted by Crippen LogP contribution is 2.12. The predicted octanol–water partition coefficient (Wildman–Crippen LogP) is 2.71. The highest BCUT2D eigenvalue weighted by Gasteiger charge is 2.06. The molecule has 5 heteroatoms. The summed E-state index contributed by atoms with van der Waals surface area (Å²) < 4.78 is 5.24. The SMILES string of the molecule is CC(=O)c1ccc(NC(=O)NC=C2CCOCC2)cc1. The summed E-state index contributed by atoms with van der Waals surface area (Å²) in [5.41, 5.74) is 2.46. The number of hydrogen-bond donors (Lipinski definition) is 2. The quantitative estimate of drug-likeness (QED) is 0.833. The molecule has 1 aliphatic heterocycles. The van der Waals surface area contributed by atoms with Gasteiger partial charge in [0.15, 0.2) is 5.78 Å². The number of anilines is 1. The van der Waals surface area contributed by atoms with Crippen molar-refractivity contribution in [2.75, 3.05) is 18.5 Å². The Morgan fingerprint density at radius 3 is 2.40 bits per heavy atom. The Labute approximate surface area is 118 Å². The molecule has 0 spiro atoms. The van der Waals surface area contributed by atoms with Crippen molar-refractivity contribution in [2.45, 2.75) is 19.8 Å². The van der Waals surface area contributed by atoms with Crippen LogP contribution in [0.15, 0.2) is 36.0 Å². The summed E-state index contributed by atoms with van der Waals surface area (Å²) in [6, 6.07) is 6.50.